The van der Waals surface area contributed by atoms with Gasteiger partial charge < -0.3 is 15.3 Å². The topological polar surface area (TPSA) is 94.8 Å². The van der Waals surface area contributed by atoms with Gasteiger partial charge in [-0.1, -0.05) is 13.8 Å². The molecule has 3 N–H and O–H groups in total. The van der Waals surface area contributed by atoms with Crippen molar-refractivity contribution in [1.29, 1.82) is 0 Å². The number of aromatic nitrogens is 2. The number of fused-ring (bicyclic) bond motifs is 1. The second-order valence-corrected chi connectivity index (χ2v) is 3.77. The molecular weight excluding hydrogens is 246 g/mol. The molecule has 1 amide bonds. The van der Waals surface area contributed by atoms with Crippen LogP contribution in [0, 0.1) is 0 Å². The van der Waals surface area contributed by atoms with Crippen LogP contribution in [0.1, 0.15) is 27.2 Å². The average molecular weight is 263 g/mol. The molecule has 19 heavy (non-hydrogen) atoms. The van der Waals surface area contributed by atoms with Crippen molar-refractivity contribution in [3.05, 3.63) is 28.7 Å². The molecule has 0 spiro atoms. The summed E-state index contributed by atoms with van der Waals surface area (Å²) < 4.78 is 0. The monoisotopic (exact) mass is 263 g/mol. The minimum absolute atomic E-state index is 0.151. The molecular formula is C13H17N3O3. The zero-order chi connectivity index (χ0) is 14.4. The van der Waals surface area contributed by atoms with E-state index in [1.165, 1.54) is 6.92 Å². The minimum atomic E-state index is -0.366. The Morgan fingerprint density at radius 3 is 2.42 bits per heavy atom. The minimum Gasteiger partial charge on any atom is -0.326 e. The fraction of sp³-hybridized carbons (Fsp3) is 0.308. The summed E-state index contributed by atoms with van der Waals surface area (Å²) in [4.78, 5) is 38.3. The Morgan fingerprint density at radius 1 is 1.16 bits per heavy atom. The Bertz CT molecular complexity index is 640. The predicted molar refractivity (Wildman–Crippen MR) is 74.2 cm³/mol. The Hall–Kier alpha value is -2.37. The maximum absolute atomic E-state index is 11.4. The maximum Gasteiger partial charge on any atom is 0.323 e. The lowest BCUT2D eigenvalue weighted by Gasteiger charge is -2.03. The fourth-order valence-electron chi connectivity index (χ4n) is 1.54. The molecule has 1 heterocycles. The molecule has 0 saturated carbocycles. The Labute approximate surface area is 110 Å². The van der Waals surface area contributed by atoms with Gasteiger partial charge in [-0.15, -0.1) is 0 Å². The number of H-pyrrole nitrogens is 2. The lowest BCUT2D eigenvalue weighted by molar-refractivity contribution is -0.124. The molecule has 1 aromatic carbocycles. The van der Waals surface area contributed by atoms with E-state index < -0.39 is 0 Å². The van der Waals surface area contributed by atoms with Gasteiger partial charge in [0.1, 0.15) is 5.78 Å². The maximum atomic E-state index is 11.4. The first-order valence-electron chi connectivity index (χ1n) is 6.06. The number of ketones is 1. The first kappa shape index (κ1) is 14.7. The number of nitrogens with one attached hydrogen (secondary N) is 3. The second kappa shape index (κ2) is 6.53. The third-order valence-corrected chi connectivity index (χ3v) is 2.21. The summed E-state index contributed by atoms with van der Waals surface area (Å²) in [6, 6.07) is 4.96. The predicted octanol–water partition coefficient (Wildman–Crippen LogP) is 1.80. The van der Waals surface area contributed by atoms with E-state index in [1.54, 1.807) is 18.2 Å². The highest BCUT2D eigenvalue weighted by molar-refractivity contribution is 6.04. The Balaban J connectivity index is 0.000000861. The average Bonchev–Trinajstić information content (AvgIpc) is 2.70. The van der Waals surface area contributed by atoms with Crippen molar-refractivity contribution in [2.75, 3.05) is 5.32 Å². The smallest absolute Gasteiger partial charge is 0.323 e. The first-order chi connectivity index (χ1) is 9.04. The number of aromatic amines is 2. The van der Waals surface area contributed by atoms with Crippen LogP contribution in [-0.2, 0) is 9.59 Å². The number of anilines is 1. The van der Waals surface area contributed by atoms with E-state index in [9.17, 15) is 14.4 Å². The van der Waals surface area contributed by atoms with Crippen LogP contribution in [0.4, 0.5) is 5.69 Å². The molecule has 0 radical (unpaired) electrons. The highest BCUT2D eigenvalue weighted by atomic mass is 16.2. The van der Waals surface area contributed by atoms with Crippen molar-refractivity contribution in [2.24, 2.45) is 0 Å². The van der Waals surface area contributed by atoms with E-state index >= 15 is 0 Å². The molecule has 0 atom stereocenters. The molecule has 102 valence electrons. The van der Waals surface area contributed by atoms with Crippen molar-refractivity contribution in [1.82, 2.24) is 9.97 Å². The number of imidazole rings is 1. The highest BCUT2D eigenvalue weighted by Gasteiger charge is 2.06. The summed E-state index contributed by atoms with van der Waals surface area (Å²) in [6.45, 7) is 5.35. The molecule has 0 aliphatic carbocycles. The number of hydrogen-bond acceptors (Lipinski definition) is 3. The lowest BCUT2D eigenvalue weighted by atomic mass is 10.2. The second-order valence-electron chi connectivity index (χ2n) is 3.77. The normalized spacial score (nSPS) is 9.63. The zero-order valence-electron chi connectivity index (χ0n) is 11.2. The van der Waals surface area contributed by atoms with Gasteiger partial charge in [0.05, 0.1) is 17.5 Å². The van der Waals surface area contributed by atoms with Gasteiger partial charge >= 0.3 is 5.69 Å². The van der Waals surface area contributed by atoms with Crippen LogP contribution in [0.3, 0.4) is 0 Å². The summed E-state index contributed by atoms with van der Waals surface area (Å²) in [5.41, 5.74) is 1.52. The van der Waals surface area contributed by atoms with Crippen molar-refractivity contribution >= 4 is 28.4 Å². The molecule has 0 aliphatic rings. The van der Waals surface area contributed by atoms with Gasteiger partial charge in [-0.05, 0) is 25.1 Å². The quantitative estimate of drug-likeness (QED) is 0.737. The van der Waals surface area contributed by atoms with Gasteiger partial charge in [0.25, 0.3) is 0 Å². The number of rotatable bonds is 3. The van der Waals surface area contributed by atoms with Crippen LogP contribution < -0.4 is 11.0 Å². The molecule has 0 aliphatic heterocycles. The number of amides is 1. The van der Waals surface area contributed by atoms with Crippen LogP contribution in [0.15, 0.2) is 23.0 Å². The van der Waals surface area contributed by atoms with Crippen LogP contribution in [-0.4, -0.2) is 21.7 Å². The van der Waals surface area contributed by atoms with Gasteiger partial charge in [-0.2, -0.15) is 0 Å². The number of carbonyl (C=O) groups excluding carboxylic acids is 2. The molecule has 0 fully saturated rings. The number of hydrogen-bond donors (Lipinski definition) is 3. The fourth-order valence-corrected chi connectivity index (χ4v) is 1.54. The van der Waals surface area contributed by atoms with Gasteiger partial charge in [0, 0.05) is 5.69 Å². The van der Waals surface area contributed by atoms with Crippen LogP contribution in [0.25, 0.3) is 11.0 Å². The van der Waals surface area contributed by atoms with Crippen LogP contribution in [0.5, 0.6) is 0 Å². The molecule has 6 nitrogen and oxygen atoms in total. The highest BCUT2D eigenvalue weighted by Crippen LogP contribution is 2.14. The van der Waals surface area contributed by atoms with Gasteiger partial charge in [-0.25, -0.2) is 4.79 Å². The Kier molecular flexibility index (Phi) is 5.05. The van der Waals surface area contributed by atoms with Crippen molar-refractivity contribution in [2.45, 2.75) is 27.2 Å². The van der Waals surface area contributed by atoms with E-state index in [0.717, 1.165) is 0 Å². The molecule has 2 rings (SSSR count). The summed E-state index contributed by atoms with van der Waals surface area (Å²) in [5.74, 6) is -0.562. The van der Waals surface area contributed by atoms with E-state index in [2.05, 4.69) is 15.3 Å². The Morgan fingerprint density at radius 2 is 1.79 bits per heavy atom. The largest absolute Gasteiger partial charge is 0.326 e. The summed E-state index contributed by atoms with van der Waals surface area (Å²) in [7, 11) is 0. The summed E-state index contributed by atoms with van der Waals surface area (Å²) >= 11 is 0. The van der Waals surface area contributed by atoms with Crippen molar-refractivity contribution in [3.63, 3.8) is 0 Å². The number of benzene rings is 1. The van der Waals surface area contributed by atoms with Gasteiger partial charge in [0.15, 0.2) is 0 Å². The lowest BCUT2D eigenvalue weighted by Crippen LogP contribution is -2.14. The number of Topliss-reactive ketones (excluding diaryl/α,β-unsaturated/α-hetero) is 1. The molecule has 0 bridgehead atoms. The van der Waals surface area contributed by atoms with Crippen molar-refractivity contribution < 1.29 is 9.59 Å². The van der Waals surface area contributed by atoms with E-state index in [-0.39, 0.29) is 23.8 Å². The van der Waals surface area contributed by atoms with E-state index in [1.807, 2.05) is 13.8 Å². The number of carbonyl (C=O) groups is 2. The van der Waals surface area contributed by atoms with Gasteiger partial charge in [0.2, 0.25) is 5.91 Å². The van der Waals surface area contributed by atoms with Crippen LogP contribution in [0.2, 0.25) is 0 Å². The molecule has 0 unspecified atom stereocenters. The zero-order valence-corrected chi connectivity index (χ0v) is 11.2. The van der Waals surface area contributed by atoms with E-state index in [0.29, 0.717) is 16.7 Å². The van der Waals surface area contributed by atoms with Gasteiger partial charge in [-0.3, -0.25) is 9.59 Å². The third-order valence-electron chi connectivity index (χ3n) is 2.21. The summed E-state index contributed by atoms with van der Waals surface area (Å²) in [6.07, 6.45) is -0.151. The molecule has 0 saturated heterocycles. The van der Waals surface area contributed by atoms with E-state index in [4.69, 9.17) is 0 Å². The molecule has 2 aromatic rings. The first-order valence-corrected chi connectivity index (χ1v) is 6.06. The SMILES string of the molecule is CC.CC(=O)CC(=O)Nc1ccc2[nH]c(=O)[nH]c2c1. The molecule has 1 aromatic heterocycles. The standard InChI is InChI=1S/C11H11N3O3.C2H6/c1-6(15)4-10(16)12-7-2-3-8-9(5-7)14-11(17)13-8;1-2/h2-3,5H,4H2,1H3,(H,12,16)(H2,13,14,17);1-2H3. The summed E-state index contributed by atoms with van der Waals surface area (Å²) in [5, 5.41) is 2.58. The van der Waals surface area contributed by atoms with Crippen molar-refractivity contribution in [3.8, 4) is 0 Å². The van der Waals surface area contributed by atoms with Crippen LogP contribution >= 0.6 is 0 Å². The third kappa shape index (κ3) is 4.09. The molecule has 6 heteroatoms.